The molecule has 0 radical (unpaired) electrons. The average molecular weight is 352 g/mol. The quantitative estimate of drug-likeness (QED) is 0.468. The van der Waals surface area contributed by atoms with Gasteiger partial charge in [0.25, 0.3) is 0 Å². The van der Waals surface area contributed by atoms with Crippen molar-refractivity contribution in [3.05, 3.63) is 29.8 Å². The molecule has 25 heavy (non-hydrogen) atoms. The molecule has 138 valence electrons. The summed E-state index contributed by atoms with van der Waals surface area (Å²) in [5.41, 5.74) is 0. The SMILES string of the molecule is CN=C(NCCOc1ccc(F)c(F)c1)NC1CCN(C2CC2)CC1. The number of benzene rings is 1. The summed E-state index contributed by atoms with van der Waals surface area (Å²) in [5, 5.41) is 6.64. The van der Waals surface area contributed by atoms with E-state index in [9.17, 15) is 8.78 Å². The van der Waals surface area contributed by atoms with Gasteiger partial charge in [0.15, 0.2) is 17.6 Å². The number of ether oxygens (including phenoxy) is 1. The number of rotatable bonds is 6. The standard InChI is InChI=1S/C18H26F2N4O/c1-21-18(23-13-6-9-24(10-7-13)14-2-3-14)22-8-11-25-15-4-5-16(19)17(20)12-15/h4-5,12-14H,2-3,6-11H2,1H3,(H2,21,22,23). The highest BCUT2D eigenvalue weighted by Crippen LogP contribution is 2.29. The van der Waals surface area contributed by atoms with Gasteiger partial charge in [0.05, 0.1) is 6.54 Å². The van der Waals surface area contributed by atoms with Crippen LogP contribution in [0, 0.1) is 11.6 Å². The number of hydrogen-bond donors (Lipinski definition) is 2. The highest BCUT2D eigenvalue weighted by atomic mass is 19.2. The summed E-state index contributed by atoms with van der Waals surface area (Å²) in [6.07, 6.45) is 4.98. The molecule has 1 saturated carbocycles. The number of nitrogens with one attached hydrogen (secondary N) is 2. The van der Waals surface area contributed by atoms with E-state index in [-0.39, 0.29) is 0 Å². The Hall–Kier alpha value is -1.89. The van der Waals surface area contributed by atoms with Crippen molar-refractivity contribution in [2.75, 3.05) is 33.3 Å². The lowest BCUT2D eigenvalue weighted by atomic mass is 10.1. The number of hydrogen-bond acceptors (Lipinski definition) is 3. The van der Waals surface area contributed by atoms with Crippen LogP contribution in [0.15, 0.2) is 23.2 Å². The fraction of sp³-hybridized carbons (Fsp3) is 0.611. The first kappa shape index (κ1) is 17.9. The summed E-state index contributed by atoms with van der Waals surface area (Å²) in [5.74, 6) is -0.710. The zero-order valence-corrected chi connectivity index (χ0v) is 14.6. The van der Waals surface area contributed by atoms with E-state index in [0.29, 0.717) is 24.9 Å². The maximum Gasteiger partial charge on any atom is 0.191 e. The summed E-state index contributed by atoms with van der Waals surface area (Å²) in [6, 6.07) is 4.81. The van der Waals surface area contributed by atoms with Crippen LogP contribution in [-0.2, 0) is 0 Å². The van der Waals surface area contributed by atoms with Crippen molar-refractivity contribution < 1.29 is 13.5 Å². The second kappa shape index (κ2) is 8.47. The Morgan fingerprint density at radius 2 is 1.96 bits per heavy atom. The van der Waals surface area contributed by atoms with Gasteiger partial charge in [-0.15, -0.1) is 0 Å². The van der Waals surface area contributed by atoms with Gasteiger partial charge in [-0.2, -0.15) is 0 Å². The lowest BCUT2D eigenvalue weighted by Crippen LogP contribution is -2.49. The van der Waals surface area contributed by atoms with Gasteiger partial charge in [0.1, 0.15) is 12.4 Å². The largest absolute Gasteiger partial charge is 0.492 e. The van der Waals surface area contributed by atoms with Crippen LogP contribution in [0.4, 0.5) is 8.78 Å². The van der Waals surface area contributed by atoms with Crippen LogP contribution in [0.25, 0.3) is 0 Å². The fourth-order valence-electron chi connectivity index (χ4n) is 3.14. The molecule has 0 atom stereocenters. The van der Waals surface area contributed by atoms with E-state index in [1.54, 1.807) is 7.05 Å². The molecule has 0 spiro atoms. The molecule has 0 amide bonds. The lowest BCUT2D eigenvalue weighted by molar-refractivity contribution is 0.197. The molecule has 2 fully saturated rings. The van der Waals surface area contributed by atoms with E-state index in [2.05, 4.69) is 20.5 Å². The number of likely N-dealkylation sites (tertiary alicyclic amines) is 1. The zero-order valence-electron chi connectivity index (χ0n) is 14.6. The molecule has 7 heteroatoms. The Kier molecular flexibility index (Phi) is 6.07. The lowest BCUT2D eigenvalue weighted by Gasteiger charge is -2.33. The van der Waals surface area contributed by atoms with Crippen molar-refractivity contribution in [3.63, 3.8) is 0 Å². The Morgan fingerprint density at radius 3 is 2.60 bits per heavy atom. The first-order valence-electron chi connectivity index (χ1n) is 8.95. The van der Waals surface area contributed by atoms with Gasteiger partial charge in [-0.05, 0) is 37.8 Å². The van der Waals surface area contributed by atoms with Crippen LogP contribution in [-0.4, -0.2) is 56.2 Å². The van der Waals surface area contributed by atoms with Crippen molar-refractivity contribution >= 4 is 5.96 Å². The van der Waals surface area contributed by atoms with E-state index in [1.807, 2.05) is 0 Å². The Labute approximate surface area is 147 Å². The minimum Gasteiger partial charge on any atom is -0.492 e. The van der Waals surface area contributed by atoms with Crippen LogP contribution in [0.2, 0.25) is 0 Å². The molecule has 1 heterocycles. The number of halogens is 2. The van der Waals surface area contributed by atoms with Crippen LogP contribution in [0.3, 0.4) is 0 Å². The second-order valence-corrected chi connectivity index (χ2v) is 6.61. The normalized spacial score (nSPS) is 19.7. The number of piperidine rings is 1. The molecule has 1 aliphatic heterocycles. The Morgan fingerprint density at radius 1 is 1.20 bits per heavy atom. The first-order valence-corrected chi connectivity index (χ1v) is 8.95. The zero-order chi connectivity index (χ0) is 17.6. The summed E-state index contributed by atoms with van der Waals surface area (Å²) in [7, 11) is 1.74. The molecular formula is C18H26F2N4O. The monoisotopic (exact) mass is 352 g/mol. The second-order valence-electron chi connectivity index (χ2n) is 6.61. The predicted molar refractivity (Wildman–Crippen MR) is 94.0 cm³/mol. The van der Waals surface area contributed by atoms with Crippen LogP contribution in [0.5, 0.6) is 5.75 Å². The topological polar surface area (TPSA) is 48.9 Å². The molecule has 1 aromatic rings. The maximum atomic E-state index is 13.1. The van der Waals surface area contributed by atoms with Crippen LogP contribution in [0.1, 0.15) is 25.7 Å². The van der Waals surface area contributed by atoms with Crippen molar-refractivity contribution in [2.24, 2.45) is 4.99 Å². The van der Waals surface area contributed by atoms with Crippen molar-refractivity contribution in [1.29, 1.82) is 0 Å². The highest BCUT2D eigenvalue weighted by Gasteiger charge is 2.31. The van der Waals surface area contributed by atoms with Crippen molar-refractivity contribution in [2.45, 2.75) is 37.8 Å². The van der Waals surface area contributed by atoms with E-state index in [1.165, 1.54) is 18.9 Å². The van der Waals surface area contributed by atoms with Gasteiger partial charge in [-0.1, -0.05) is 0 Å². The van der Waals surface area contributed by atoms with Gasteiger partial charge in [0, 0.05) is 38.3 Å². The highest BCUT2D eigenvalue weighted by molar-refractivity contribution is 5.79. The molecule has 3 rings (SSSR count). The van der Waals surface area contributed by atoms with Crippen LogP contribution >= 0.6 is 0 Å². The number of aliphatic imine (C=N–C) groups is 1. The molecule has 5 nitrogen and oxygen atoms in total. The molecule has 1 aromatic carbocycles. The summed E-state index contributed by atoms with van der Waals surface area (Å²) in [6.45, 7) is 3.17. The molecule has 1 saturated heterocycles. The maximum absolute atomic E-state index is 13.1. The molecule has 1 aliphatic carbocycles. The van der Waals surface area contributed by atoms with E-state index in [4.69, 9.17) is 4.74 Å². The third-order valence-corrected chi connectivity index (χ3v) is 4.71. The Bertz CT molecular complexity index is 599. The van der Waals surface area contributed by atoms with Gasteiger partial charge >= 0.3 is 0 Å². The van der Waals surface area contributed by atoms with Gasteiger partial charge in [-0.3, -0.25) is 4.99 Å². The molecule has 2 N–H and O–H groups in total. The smallest absolute Gasteiger partial charge is 0.191 e. The summed E-state index contributed by atoms with van der Waals surface area (Å²) < 4.78 is 31.4. The fourth-order valence-corrected chi connectivity index (χ4v) is 3.14. The molecule has 0 aromatic heterocycles. The number of guanidine groups is 1. The minimum absolute atomic E-state index is 0.316. The van der Waals surface area contributed by atoms with E-state index < -0.39 is 11.6 Å². The van der Waals surface area contributed by atoms with E-state index >= 15 is 0 Å². The summed E-state index contributed by atoms with van der Waals surface area (Å²) in [4.78, 5) is 6.82. The molecule has 2 aliphatic rings. The van der Waals surface area contributed by atoms with Gasteiger partial charge in [0.2, 0.25) is 0 Å². The first-order chi connectivity index (χ1) is 12.2. The predicted octanol–water partition coefficient (Wildman–Crippen LogP) is 2.14. The molecule has 0 unspecified atom stereocenters. The Balaban J connectivity index is 1.34. The third-order valence-electron chi connectivity index (χ3n) is 4.71. The third kappa shape index (κ3) is 5.29. The van der Waals surface area contributed by atoms with Gasteiger partial charge in [-0.25, -0.2) is 8.78 Å². The van der Waals surface area contributed by atoms with Crippen molar-refractivity contribution in [3.8, 4) is 5.75 Å². The average Bonchev–Trinajstić information content (AvgIpc) is 3.46. The minimum atomic E-state index is -0.902. The molecule has 0 bridgehead atoms. The van der Waals surface area contributed by atoms with Crippen molar-refractivity contribution in [1.82, 2.24) is 15.5 Å². The summed E-state index contributed by atoms with van der Waals surface area (Å²) >= 11 is 0. The number of nitrogens with zero attached hydrogens (tertiary/aromatic N) is 2. The van der Waals surface area contributed by atoms with Gasteiger partial charge < -0.3 is 20.3 Å². The molecular weight excluding hydrogens is 326 g/mol. The van der Waals surface area contributed by atoms with Crippen LogP contribution < -0.4 is 15.4 Å². The van der Waals surface area contributed by atoms with E-state index in [0.717, 1.165) is 50.1 Å².